The van der Waals surface area contributed by atoms with Crippen molar-refractivity contribution < 1.29 is 9.90 Å². The molecule has 2 rings (SSSR count). The minimum absolute atomic E-state index is 0.203. The van der Waals surface area contributed by atoms with Crippen LogP contribution in [-0.4, -0.2) is 59.6 Å². The summed E-state index contributed by atoms with van der Waals surface area (Å²) in [6, 6.07) is 0.778. The van der Waals surface area contributed by atoms with E-state index < -0.39 is 5.97 Å². The van der Waals surface area contributed by atoms with E-state index in [1.807, 2.05) is 0 Å². The fraction of sp³-hybridized carbons (Fsp3) is 0.917. The molecule has 1 saturated carbocycles. The van der Waals surface area contributed by atoms with E-state index >= 15 is 0 Å². The Morgan fingerprint density at radius 2 is 2.00 bits per heavy atom. The third-order valence-electron chi connectivity index (χ3n) is 3.85. The van der Waals surface area contributed by atoms with E-state index in [0.717, 1.165) is 44.6 Å². The lowest BCUT2D eigenvalue weighted by Gasteiger charge is -2.41. The maximum atomic E-state index is 10.7. The molecule has 0 aromatic carbocycles. The van der Waals surface area contributed by atoms with Gasteiger partial charge < -0.3 is 5.11 Å². The van der Waals surface area contributed by atoms with Gasteiger partial charge in [0.1, 0.15) is 0 Å². The van der Waals surface area contributed by atoms with Crippen molar-refractivity contribution >= 4 is 5.97 Å². The van der Waals surface area contributed by atoms with Gasteiger partial charge in [0.2, 0.25) is 0 Å². The highest BCUT2D eigenvalue weighted by Crippen LogP contribution is 2.31. The van der Waals surface area contributed by atoms with Gasteiger partial charge in [-0.2, -0.15) is 0 Å². The minimum Gasteiger partial charge on any atom is -0.480 e. The maximum Gasteiger partial charge on any atom is 0.317 e. The number of aliphatic carboxylic acids is 1. The van der Waals surface area contributed by atoms with Gasteiger partial charge >= 0.3 is 5.97 Å². The van der Waals surface area contributed by atoms with Crippen molar-refractivity contribution in [2.75, 3.05) is 32.7 Å². The largest absolute Gasteiger partial charge is 0.480 e. The van der Waals surface area contributed by atoms with E-state index in [0.29, 0.717) is 0 Å². The first-order valence-corrected chi connectivity index (χ1v) is 6.33. The van der Waals surface area contributed by atoms with Crippen molar-refractivity contribution in [3.63, 3.8) is 0 Å². The number of rotatable bonds is 3. The summed E-state index contributed by atoms with van der Waals surface area (Å²) in [6.07, 6.45) is 3.77. The van der Waals surface area contributed by atoms with E-state index in [1.165, 1.54) is 12.8 Å². The van der Waals surface area contributed by atoms with Gasteiger partial charge in [0, 0.05) is 25.7 Å². The zero-order valence-electron chi connectivity index (χ0n) is 10.1. The van der Waals surface area contributed by atoms with E-state index in [9.17, 15) is 4.79 Å². The van der Waals surface area contributed by atoms with E-state index in [-0.39, 0.29) is 6.54 Å². The van der Waals surface area contributed by atoms with Crippen LogP contribution in [0.5, 0.6) is 0 Å². The predicted molar refractivity (Wildman–Crippen MR) is 62.5 cm³/mol. The number of carboxylic acids is 1. The van der Waals surface area contributed by atoms with Crippen molar-refractivity contribution in [2.45, 2.75) is 32.2 Å². The van der Waals surface area contributed by atoms with Crippen LogP contribution in [0.3, 0.4) is 0 Å². The van der Waals surface area contributed by atoms with Gasteiger partial charge in [-0.25, -0.2) is 0 Å². The van der Waals surface area contributed by atoms with E-state index in [1.54, 1.807) is 0 Å². The van der Waals surface area contributed by atoms with Crippen molar-refractivity contribution in [2.24, 2.45) is 5.92 Å². The van der Waals surface area contributed by atoms with Crippen LogP contribution >= 0.6 is 0 Å². The Kier molecular flexibility index (Phi) is 3.82. The number of hydrogen-bond acceptors (Lipinski definition) is 3. The Morgan fingerprint density at radius 3 is 2.62 bits per heavy atom. The molecule has 0 aromatic heterocycles. The molecule has 4 nitrogen and oxygen atoms in total. The summed E-state index contributed by atoms with van der Waals surface area (Å²) in [7, 11) is 0. The summed E-state index contributed by atoms with van der Waals surface area (Å²) < 4.78 is 0. The van der Waals surface area contributed by atoms with Gasteiger partial charge in [-0.15, -0.1) is 0 Å². The van der Waals surface area contributed by atoms with Crippen LogP contribution in [0.1, 0.15) is 26.2 Å². The fourth-order valence-corrected chi connectivity index (χ4v) is 2.86. The lowest BCUT2D eigenvalue weighted by Crippen LogP contribution is -2.45. The summed E-state index contributed by atoms with van der Waals surface area (Å²) in [5, 5.41) is 8.77. The average Bonchev–Trinajstić information content (AvgIpc) is 2.38. The summed E-state index contributed by atoms with van der Waals surface area (Å²) in [5.41, 5.74) is 0. The number of nitrogens with zero attached hydrogens (tertiary/aromatic N) is 2. The molecule has 1 heterocycles. The quantitative estimate of drug-likeness (QED) is 0.776. The van der Waals surface area contributed by atoms with Crippen LogP contribution in [0.4, 0.5) is 0 Å². The van der Waals surface area contributed by atoms with Crippen molar-refractivity contribution in [1.29, 1.82) is 0 Å². The van der Waals surface area contributed by atoms with Crippen molar-refractivity contribution in [3.8, 4) is 0 Å². The van der Waals surface area contributed by atoms with E-state index in [4.69, 9.17) is 5.11 Å². The molecule has 92 valence electrons. The van der Waals surface area contributed by atoms with Gasteiger partial charge in [0.25, 0.3) is 0 Å². The highest BCUT2D eigenvalue weighted by Gasteiger charge is 2.31. The first-order chi connectivity index (χ1) is 7.65. The third kappa shape index (κ3) is 2.95. The standard InChI is InChI=1S/C12H22N2O2/c1-10-7-11(8-10)14-4-2-3-13(5-6-14)9-12(15)16/h10-11H,2-9H2,1H3,(H,15,16). The molecule has 0 aromatic rings. The second-order valence-electron chi connectivity index (χ2n) is 5.29. The number of hydrogen-bond donors (Lipinski definition) is 1. The molecule has 0 bridgehead atoms. The summed E-state index contributed by atoms with van der Waals surface area (Å²) in [6.45, 7) is 6.56. The molecule has 0 unspecified atom stereocenters. The Bertz CT molecular complexity index is 251. The van der Waals surface area contributed by atoms with Gasteiger partial charge in [0.05, 0.1) is 6.54 Å². The third-order valence-corrected chi connectivity index (χ3v) is 3.85. The molecule has 1 saturated heterocycles. The minimum atomic E-state index is -0.703. The van der Waals surface area contributed by atoms with Crippen LogP contribution in [0, 0.1) is 5.92 Å². The fourth-order valence-electron chi connectivity index (χ4n) is 2.86. The molecule has 1 aliphatic heterocycles. The topological polar surface area (TPSA) is 43.8 Å². The van der Waals surface area contributed by atoms with Crippen LogP contribution in [0.25, 0.3) is 0 Å². The molecule has 0 atom stereocenters. The van der Waals surface area contributed by atoms with Crippen LogP contribution in [0.15, 0.2) is 0 Å². The molecular weight excluding hydrogens is 204 g/mol. The lowest BCUT2D eigenvalue weighted by atomic mass is 9.81. The van der Waals surface area contributed by atoms with Gasteiger partial charge in [-0.05, 0) is 31.7 Å². The van der Waals surface area contributed by atoms with Crippen molar-refractivity contribution in [3.05, 3.63) is 0 Å². The van der Waals surface area contributed by atoms with Gasteiger partial charge in [-0.1, -0.05) is 6.92 Å². The normalized spacial score (nSPS) is 33.1. The van der Waals surface area contributed by atoms with Crippen molar-refractivity contribution in [1.82, 2.24) is 9.80 Å². The second kappa shape index (κ2) is 5.15. The molecular formula is C12H22N2O2. The van der Waals surface area contributed by atoms with Crippen LogP contribution in [0.2, 0.25) is 0 Å². The molecule has 1 aliphatic carbocycles. The highest BCUT2D eigenvalue weighted by molar-refractivity contribution is 5.69. The monoisotopic (exact) mass is 226 g/mol. The summed E-state index contributed by atoms with van der Waals surface area (Å²) in [5.74, 6) is 0.189. The SMILES string of the molecule is CC1CC(N2CCCN(CC(=O)O)CC2)C1. The number of carboxylic acid groups (broad SMARTS) is 1. The molecule has 16 heavy (non-hydrogen) atoms. The molecule has 0 radical (unpaired) electrons. The Morgan fingerprint density at radius 1 is 1.25 bits per heavy atom. The predicted octanol–water partition coefficient (Wildman–Crippen LogP) is 0.877. The van der Waals surface area contributed by atoms with E-state index in [2.05, 4.69) is 16.7 Å². The van der Waals surface area contributed by atoms with Crippen LogP contribution in [-0.2, 0) is 4.79 Å². The first kappa shape index (κ1) is 11.9. The molecule has 0 spiro atoms. The first-order valence-electron chi connectivity index (χ1n) is 6.33. The maximum absolute atomic E-state index is 10.7. The molecule has 4 heteroatoms. The van der Waals surface area contributed by atoms with Gasteiger partial charge in [-0.3, -0.25) is 14.6 Å². The smallest absolute Gasteiger partial charge is 0.317 e. The Hall–Kier alpha value is -0.610. The molecule has 1 N–H and O–H groups in total. The summed E-state index contributed by atoms with van der Waals surface area (Å²) in [4.78, 5) is 15.3. The lowest BCUT2D eigenvalue weighted by molar-refractivity contribution is -0.138. The second-order valence-corrected chi connectivity index (χ2v) is 5.29. The zero-order valence-corrected chi connectivity index (χ0v) is 10.1. The Labute approximate surface area is 97.2 Å². The molecule has 2 fully saturated rings. The Balaban J connectivity index is 1.77. The molecule has 0 amide bonds. The number of carbonyl (C=O) groups is 1. The van der Waals surface area contributed by atoms with Crippen LogP contribution < -0.4 is 0 Å². The zero-order chi connectivity index (χ0) is 11.5. The molecule has 2 aliphatic rings. The average molecular weight is 226 g/mol. The summed E-state index contributed by atoms with van der Waals surface area (Å²) >= 11 is 0. The highest BCUT2D eigenvalue weighted by atomic mass is 16.4. The van der Waals surface area contributed by atoms with Gasteiger partial charge in [0.15, 0.2) is 0 Å².